The predicted molar refractivity (Wildman–Crippen MR) is 51.7 cm³/mol. The third kappa shape index (κ3) is 3.21. The van der Waals surface area contributed by atoms with Crippen LogP contribution >= 0.6 is 7.82 Å². The highest BCUT2D eigenvalue weighted by atomic mass is 31.2. The van der Waals surface area contributed by atoms with Crippen molar-refractivity contribution in [1.82, 2.24) is 0 Å². The standard InChI is InChI=1S/C6H5N2O9P/c9-7(10)4-1-2-6(5(3-4)8(11)12)16-18(14,15)17-13/h1-3,13H,(H,14,15)/p-1. The van der Waals surface area contributed by atoms with Crippen molar-refractivity contribution < 1.29 is 33.8 Å². The number of rotatable bonds is 5. The van der Waals surface area contributed by atoms with Gasteiger partial charge in [-0.2, -0.15) is 4.67 Å². The van der Waals surface area contributed by atoms with E-state index in [1.807, 2.05) is 0 Å². The van der Waals surface area contributed by atoms with Crippen LogP contribution in [0, 0.1) is 20.2 Å². The SMILES string of the molecule is O=[N+]([O-])c1ccc(OP(=O)([O-])OO)c([N+](=O)[O-])c1. The summed E-state index contributed by atoms with van der Waals surface area (Å²) in [6.07, 6.45) is 0. The highest BCUT2D eigenvalue weighted by molar-refractivity contribution is 7.46. The Morgan fingerprint density at radius 1 is 1.22 bits per heavy atom. The molecular weight excluding hydrogens is 275 g/mol. The topological polar surface area (TPSA) is 165 Å². The Hall–Kier alpha value is -2.07. The average Bonchev–Trinajstić information content (AvgIpc) is 2.28. The van der Waals surface area contributed by atoms with E-state index in [1.165, 1.54) is 0 Å². The third-order valence-electron chi connectivity index (χ3n) is 1.66. The lowest BCUT2D eigenvalue weighted by Crippen LogP contribution is -2.09. The fourth-order valence-electron chi connectivity index (χ4n) is 0.976. The maximum Gasteiger partial charge on any atom is 0.348 e. The second-order valence-corrected chi connectivity index (χ2v) is 4.03. The maximum absolute atomic E-state index is 10.7. The second kappa shape index (κ2) is 5.06. The first-order chi connectivity index (χ1) is 8.26. The Balaban J connectivity index is 3.24. The van der Waals surface area contributed by atoms with E-state index in [-0.39, 0.29) is 0 Å². The first kappa shape index (κ1) is 14.0. The first-order valence-corrected chi connectivity index (χ1v) is 5.49. The van der Waals surface area contributed by atoms with Crippen LogP contribution in [-0.2, 0) is 9.24 Å². The number of hydrogen-bond acceptors (Lipinski definition) is 9. The van der Waals surface area contributed by atoms with Gasteiger partial charge in [-0.15, -0.1) is 0 Å². The van der Waals surface area contributed by atoms with Crippen molar-refractivity contribution in [2.75, 3.05) is 0 Å². The molecule has 0 aliphatic heterocycles. The van der Waals surface area contributed by atoms with Gasteiger partial charge in [0.15, 0.2) is 0 Å². The lowest BCUT2D eigenvalue weighted by molar-refractivity contribution is -0.394. The van der Waals surface area contributed by atoms with Crippen molar-refractivity contribution in [3.8, 4) is 5.75 Å². The fraction of sp³-hybridized carbons (Fsp3) is 0. The molecule has 18 heavy (non-hydrogen) atoms. The summed E-state index contributed by atoms with van der Waals surface area (Å²) in [6, 6.07) is 1.99. The highest BCUT2D eigenvalue weighted by Crippen LogP contribution is 2.43. The van der Waals surface area contributed by atoms with E-state index in [0.717, 1.165) is 6.07 Å². The maximum atomic E-state index is 10.7. The number of nitrogens with zero attached hydrogens (tertiary/aromatic N) is 2. The minimum atomic E-state index is -5.17. The van der Waals surface area contributed by atoms with Gasteiger partial charge in [0.25, 0.3) is 5.69 Å². The van der Waals surface area contributed by atoms with E-state index >= 15 is 0 Å². The molecule has 0 spiro atoms. The lowest BCUT2D eigenvalue weighted by Gasteiger charge is -2.18. The van der Waals surface area contributed by atoms with Gasteiger partial charge in [-0.3, -0.25) is 24.8 Å². The van der Waals surface area contributed by atoms with Gasteiger partial charge in [0.2, 0.25) is 5.75 Å². The molecule has 0 amide bonds. The zero-order chi connectivity index (χ0) is 13.9. The summed E-state index contributed by atoms with van der Waals surface area (Å²) < 4.78 is 17.8. The molecule has 1 N–H and O–H groups in total. The third-order valence-corrected chi connectivity index (χ3v) is 2.28. The summed E-state index contributed by atoms with van der Waals surface area (Å²) in [7, 11) is -5.17. The minimum absolute atomic E-state index is 0.507. The monoisotopic (exact) mass is 279 g/mol. The highest BCUT2D eigenvalue weighted by Gasteiger charge is 2.24. The Kier molecular flexibility index (Phi) is 3.93. The van der Waals surface area contributed by atoms with Crippen LogP contribution in [-0.4, -0.2) is 15.1 Å². The van der Waals surface area contributed by atoms with Crippen molar-refractivity contribution in [3.05, 3.63) is 38.4 Å². The number of hydrogen-bond donors (Lipinski definition) is 1. The molecule has 0 saturated heterocycles. The molecule has 98 valence electrons. The molecule has 0 heterocycles. The molecule has 1 unspecified atom stereocenters. The molecule has 1 rings (SSSR count). The number of phosphoric acid groups is 1. The normalized spacial score (nSPS) is 13.7. The largest absolute Gasteiger partial charge is 0.744 e. The van der Waals surface area contributed by atoms with Crippen LogP contribution in [0.25, 0.3) is 0 Å². The molecule has 0 aliphatic rings. The Labute approximate surface area is 98.0 Å². The van der Waals surface area contributed by atoms with Crippen molar-refractivity contribution in [2.45, 2.75) is 0 Å². The molecule has 0 aromatic heterocycles. The summed E-state index contributed by atoms with van der Waals surface area (Å²) in [5, 5.41) is 28.9. The molecule has 0 radical (unpaired) electrons. The summed E-state index contributed by atoms with van der Waals surface area (Å²) in [6.45, 7) is 0. The number of nitro groups is 2. The van der Waals surface area contributed by atoms with E-state index in [4.69, 9.17) is 5.26 Å². The Morgan fingerprint density at radius 3 is 2.28 bits per heavy atom. The molecule has 1 aromatic rings. The predicted octanol–water partition coefficient (Wildman–Crippen LogP) is 0.840. The smallest absolute Gasteiger partial charge is 0.348 e. The summed E-state index contributed by atoms with van der Waals surface area (Å²) in [5.74, 6) is -0.821. The molecule has 0 aliphatic carbocycles. The van der Waals surface area contributed by atoms with Gasteiger partial charge in [-0.05, 0) is 6.07 Å². The van der Waals surface area contributed by atoms with Gasteiger partial charge in [0.1, 0.15) is 0 Å². The summed E-state index contributed by atoms with van der Waals surface area (Å²) in [4.78, 5) is 29.7. The van der Waals surface area contributed by atoms with Crippen LogP contribution in [0.15, 0.2) is 18.2 Å². The number of phosphoric ester groups is 1. The average molecular weight is 279 g/mol. The molecular formula is C6H4N2O9P-. The molecule has 0 bridgehead atoms. The van der Waals surface area contributed by atoms with Crippen LogP contribution in [0.5, 0.6) is 5.75 Å². The minimum Gasteiger partial charge on any atom is -0.744 e. The van der Waals surface area contributed by atoms with Crippen molar-refractivity contribution in [2.24, 2.45) is 0 Å². The van der Waals surface area contributed by atoms with E-state index in [1.54, 1.807) is 0 Å². The van der Waals surface area contributed by atoms with Crippen LogP contribution < -0.4 is 9.42 Å². The zero-order valence-electron chi connectivity index (χ0n) is 8.29. The van der Waals surface area contributed by atoms with Crippen LogP contribution in [0.4, 0.5) is 11.4 Å². The molecule has 1 aromatic carbocycles. The molecule has 11 nitrogen and oxygen atoms in total. The van der Waals surface area contributed by atoms with Crippen LogP contribution in [0.1, 0.15) is 0 Å². The number of non-ortho nitro benzene ring substituents is 1. The van der Waals surface area contributed by atoms with Gasteiger partial charge in [-0.1, -0.05) is 0 Å². The van der Waals surface area contributed by atoms with Crippen molar-refractivity contribution >= 4 is 19.2 Å². The van der Waals surface area contributed by atoms with E-state index < -0.39 is 34.8 Å². The van der Waals surface area contributed by atoms with E-state index in [9.17, 15) is 29.7 Å². The van der Waals surface area contributed by atoms with Gasteiger partial charge in [0, 0.05) is 6.07 Å². The summed E-state index contributed by atoms with van der Waals surface area (Å²) >= 11 is 0. The first-order valence-electron chi connectivity index (χ1n) is 4.03. The van der Waals surface area contributed by atoms with Crippen LogP contribution in [0.3, 0.4) is 0 Å². The van der Waals surface area contributed by atoms with Crippen molar-refractivity contribution in [1.29, 1.82) is 0 Å². The lowest BCUT2D eigenvalue weighted by atomic mass is 10.2. The Bertz CT molecular complexity index is 544. The zero-order valence-corrected chi connectivity index (χ0v) is 9.18. The van der Waals surface area contributed by atoms with E-state index in [2.05, 4.69) is 9.20 Å². The van der Waals surface area contributed by atoms with Gasteiger partial charge < -0.3 is 9.42 Å². The number of nitro benzene ring substituents is 2. The van der Waals surface area contributed by atoms with E-state index in [0.29, 0.717) is 12.1 Å². The van der Waals surface area contributed by atoms with Gasteiger partial charge in [0.05, 0.1) is 15.9 Å². The number of benzene rings is 1. The summed E-state index contributed by atoms with van der Waals surface area (Å²) in [5.41, 5.74) is -1.59. The Morgan fingerprint density at radius 2 is 1.83 bits per heavy atom. The molecule has 12 heteroatoms. The molecule has 0 fully saturated rings. The fourth-order valence-corrected chi connectivity index (χ4v) is 1.40. The van der Waals surface area contributed by atoms with Gasteiger partial charge >= 0.3 is 13.5 Å². The molecule has 0 saturated carbocycles. The second-order valence-electron chi connectivity index (χ2n) is 2.79. The van der Waals surface area contributed by atoms with Gasteiger partial charge in [-0.25, -0.2) is 5.26 Å². The quantitative estimate of drug-likeness (QED) is 0.355. The van der Waals surface area contributed by atoms with Crippen molar-refractivity contribution in [3.63, 3.8) is 0 Å². The molecule has 1 atom stereocenters. The van der Waals surface area contributed by atoms with Crippen LogP contribution in [0.2, 0.25) is 0 Å².